The predicted molar refractivity (Wildman–Crippen MR) is 97.7 cm³/mol. The van der Waals surface area contributed by atoms with Crippen molar-refractivity contribution < 1.29 is 13.2 Å². The number of hydrogen-bond donors (Lipinski definition) is 1. The largest absolute Gasteiger partial charge is 0.312 e. The van der Waals surface area contributed by atoms with E-state index in [2.05, 4.69) is 9.82 Å². The number of nitrogens with one attached hydrogen (secondary N) is 1. The molecule has 1 aromatic carbocycles. The molecule has 138 valence electrons. The summed E-state index contributed by atoms with van der Waals surface area (Å²) in [5, 5.41) is 4.34. The second-order valence-electron chi connectivity index (χ2n) is 6.93. The Hall–Kier alpha value is -2.19. The molecule has 8 heteroatoms. The van der Waals surface area contributed by atoms with Crippen molar-refractivity contribution in [1.82, 2.24) is 14.5 Å². The highest BCUT2D eigenvalue weighted by atomic mass is 32.2. The monoisotopic (exact) mass is 374 g/mol. The highest BCUT2D eigenvalue weighted by Crippen LogP contribution is 2.38. The van der Waals surface area contributed by atoms with Crippen LogP contribution in [0.5, 0.6) is 0 Å². The van der Waals surface area contributed by atoms with Crippen LogP contribution < -0.4 is 9.62 Å². The maximum atomic E-state index is 12.7. The van der Waals surface area contributed by atoms with Crippen molar-refractivity contribution in [2.45, 2.75) is 37.5 Å². The average molecular weight is 374 g/mol. The Morgan fingerprint density at radius 1 is 1.15 bits per heavy atom. The maximum absolute atomic E-state index is 12.7. The molecular weight excluding hydrogens is 352 g/mol. The Morgan fingerprint density at radius 3 is 2.58 bits per heavy atom. The fraction of sp³-hybridized carbons (Fsp3) is 0.444. The van der Waals surface area contributed by atoms with Gasteiger partial charge in [-0.3, -0.25) is 9.48 Å². The number of aryl methyl sites for hydroxylation is 3. The average Bonchev–Trinajstić information content (AvgIpc) is 3.15. The minimum absolute atomic E-state index is 0.135. The number of hydrogen-bond acceptors (Lipinski definition) is 4. The van der Waals surface area contributed by atoms with Crippen LogP contribution in [0.4, 0.5) is 5.69 Å². The lowest BCUT2D eigenvalue weighted by atomic mass is 10.00. The molecule has 1 amide bonds. The van der Waals surface area contributed by atoms with E-state index in [0.29, 0.717) is 43.7 Å². The van der Waals surface area contributed by atoms with E-state index in [0.717, 1.165) is 28.2 Å². The number of benzene rings is 1. The van der Waals surface area contributed by atoms with Gasteiger partial charge in [-0.2, -0.15) is 5.10 Å². The second-order valence-corrected chi connectivity index (χ2v) is 8.70. The van der Waals surface area contributed by atoms with Gasteiger partial charge in [-0.05, 0) is 49.1 Å². The van der Waals surface area contributed by atoms with E-state index < -0.39 is 10.0 Å². The quantitative estimate of drug-likeness (QED) is 0.849. The van der Waals surface area contributed by atoms with Gasteiger partial charge in [-0.25, -0.2) is 13.1 Å². The van der Waals surface area contributed by atoms with Crippen molar-refractivity contribution in [2.24, 2.45) is 7.05 Å². The number of nitrogens with zero attached hydrogens (tertiary/aromatic N) is 3. The number of carbonyl (C=O) groups excluding carboxylic acids is 1. The van der Waals surface area contributed by atoms with Gasteiger partial charge in [-0.15, -0.1) is 0 Å². The lowest BCUT2D eigenvalue weighted by Crippen LogP contribution is -2.33. The van der Waals surface area contributed by atoms with Gasteiger partial charge in [0.2, 0.25) is 15.9 Å². The molecule has 26 heavy (non-hydrogen) atoms. The molecule has 3 heterocycles. The van der Waals surface area contributed by atoms with Gasteiger partial charge in [0.15, 0.2) is 0 Å². The smallest absolute Gasteiger partial charge is 0.240 e. The van der Waals surface area contributed by atoms with Crippen LogP contribution in [-0.2, 0) is 41.1 Å². The zero-order valence-electron chi connectivity index (χ0n) is 14.9. The summed E-state index contributed by atoms with van der Waals surface area (Å²) in [7, 11) is -1.71. The van der Waals surface area contributed by atoms with Gasteiger partial charge >= 0.3 is 0 Å². The van der Waals surface area contributed by atoms with E-state index in [1.807, 2.05) is 20.0 Å². The third-order valence-corrected chi connectivity index (χ3v) is 6.61. The number of aromatic nitrogens is 2. The van der Waals surface area contributed by atoms with Crippen LogP contribution in [0.15, 0.2) is 23.1 Å². The highest BCUT2D eigenvalue weighted by Gasteiger charge is 2.32. The number of amides is 1. The van der Waals surface area contributed by atoms with Gasteiger partial charge in [0.05, 0.1) is 16.3 Å². The molecule has 2 aliphatic heterocycles. The molecule has 7 nitrogen and oxygen atoms in total. The topological polar surface area (TPSA) is 84.3 Å². The molecule has 4 rings (SSSR count). The Bertz CT molecular complexity index is 975. The molecular formula is C18H22N4O3S. The van der Waals surface area contributed by atoms with Crippen LogP contribution >= 0.6 is 0 Å². The molecule has 1 N–H and O–H groups in total. The molecule has 2 aromatic rings. The Kier molecular flexibility index (Phi) is 4.11. The zero-order valence-corrected chi connectivity index (χ0v) is 15.8. The molecule has 2 aliphatic rings. The molecule has 0 unspecified atom stereocenters. The minimum Gasteiger partial charge on any atom is -0.312 e. The lowest BCUT2D eigenvalue weighted by molar-refractivity contribution is -0.118. The van der Waals surface area contributed by atoms with E-state index in [-0.39, 0.29) is 5.91 Å². The van der Waals surface area contributed by atoms with Crippen molar-refractivity contribution in [1.29, 1.82) is 0 Å². The molecule has 0 radical (unpaired) electrons. The Balaban J connectivity index is 1.52. The first-order valence-electron chi connectivity index (χ1n) is 8.80. The second kappa shape index (κ2) is 6.21. The van der Waals surface area contributed by atoms with Gasteiger partial charge in [-0.1, -0.05) is 0 Å². The summed E-state index contributed by atoms with van der Waals surface area (Å²) >= 11 is 0. The van der Waals surface area contributed by atoms with Crippen molar-refractivity contribution >= 4 is 21.6 Å². The van der Waals surface area contributed by atoms with E-state index in [9.17, 15) is 13.2 Å². The summed E-state index contributed by atoms with van der Waals surface area (Å²) in [6.45, 7) is 2.91. The van der Waals surface area contributed by atoms with Crippen LogP contribution in [0.2, 0.25) is 0 Å². The van der Waals surface area contributed by atoms with Crippen molar-refractivity contribution in [2.75, 3.05) is 18.0 Å². The first kappa shape index (κ1) is 17.2. The molecule has 0 spiro atoms. The fourth-order valence-electron chi connectivity index (χ4n) is 3.73. The van der Waals surface area contributed by atoms with Crippen LogP contribution in [0.3, 0.4) is 0 Å². The standard InChI is InChI=1S/C18H22N4O3S/c1-12-9-15(20-21(12)2)5-7-19-26(24,25)16-10-13-3-4-17(23)22-8-6-14(11-16)18(13)22/h9-11,19H,3-8H2,1-2H3. The van der Waals surface area contributed by atoms with Gasteiger partial charge in [0.1, 0.15) is 0 Å². The summed E-state index contributed by atoms with van der Waals surface area (Å²) in [6.07, 6.45) is 2.31. The highest BCUT2D eigenvalue weighted by molar-refractivity contribution is 7.89. The summed E-state index contributed by atoms with van der Waals surface area (Å²) in [6, 6.07) is 5.39. The number of anilines is 1. The first-order chi connectivity index (χ1) is 12.3. The normalized spacial score (nSPS) is 16.2. The summed E-state index contributed by atoms with van der Waals surface area (Å²) in [5.74, 6) is 0.135. The third-order valence-electron chi connectivity index (χ3n) is 5.17. The minimum atomic E-state index is -3.58. The predicted octanol–water partition coefficient (Wildman–Crippen LogP) is 1.08. The van der Waals surface area contributed by atoms with E-state index in [1.165, 1.54) is 0 Å². The molecule has 0 saturated carbocycles. The van der Waals surface area contributed by atoms with E-state index in [4.69, 9.17) is 0 Å². The Morgan fingerprint density at radius 2 is 1.88 bits per heavy atom. The number of carbonyl (C=O) groups is 1. The molecule has 0 bridgehead atoms. The lowest BCUT2D eigenvalue weighted by Gasteiger charge is -2.25. The van der Waals surface area contributed by atoms with Crippen molar-refractivity contribution in [3.05, 3.63) is 40.7 Å². The summed E-state index contributed by atoms with van der Waals surface area (Å²) in [5.41, 5.74) is 4.76. The van der Waals surface area contributed by atoms with Crippen LogP contribution in [0.1, 0.15) is 28.9 Å². The van der Waals surface area contributed by atoms with Crippen LogP contribution in [0.25, 0.3) is 0 Å². The summed E-state index contributed by atoms with van der Waals surface area (Å²) < 4.78 is 29.9. The first-order valence-corrected chi connectivity index (χ1v) is 10.3. The summed E-state index contributed by atoms with van der Waals surface area (Å²) in [4.78, 5) is 14.1. The van der Waals surface area contributed by atoms with E-state index in [1.54, 1.807) is 21.7 Å². The number of sulfonamides is 1. The molecule has 0 atom stereocenters. The molecule has 0 aliphatic carbocycles. The molecule has 0 fully saturated rings. The number of rotatable bonds is 5. The maximum Gasteiger partial charge on any atom is 0.240 e. The molecule has 1 aromatic heterocycles. The van der Waals surface area contributed by atoms with Gasteiger partial charge in [0.25, 0.3) is 0 Å². The van der Waals surface area contributed by atoms with Crippen molar-refractivity contribution in [3.8, 4) is 0 Å². The van der Waals surface area contributed by atoms with Crippen LogP contribution in [-0.4, -0.2) is 37.2 Å². The van der Waals surface area contributed by atoms with Gasteiger partial charge in [0, 0.05) is 38.7 Å². The van der Waals surface area contributed by atoms with E-state index >= 15 is 0 Å². The molecule has 0 saturated heterocycles. The fourth-order valence-corrected chi connectivity index (χ4v) is 4.87. The van der Waals surface area contributed by atoms with Crippen LogP contribution in [0, 0.1) is 6.92 Å². The zero-order chi connectivity index (χ0) is 18.5. The van der Waals surface area contributed by atoms with Gasteiger partial charge < -0.3 is 4.90 Å². The SMILES string of the molecule is Cc1cc(CCNS(=O)(=O)c2cc3c4c(c2)CCN4C(=O)CC3)nn1C. The Labute approximate surface area is 153 Å². The van der Waals surface area contributed by atoms with Crippen molar-refractivity contribution in [3.63, 3.8) is 0 Å². The third kappa shape index (κ3) is 2.93.